The minimum absolute atomic E-state index is 0.0164. The maximum Gasteiger partial charge on any atom is 0.330 e. The lowest BCUT2D eigenvalue weighted by molar-refractivity contribution is -0.0929. The minimum atomic E-state index is -2.50. The van der Waals surface area contributed by atoms with Crippen LogP contribution < -0.4 is 20.7 Å². The van der Waals surface area contributed by atoms with E-state index in [1.807, 2.05) is 78.9 Å². The number of ether oxygens (including phenoxy) is 4. The molecular weight excluding hydrogens is 712 g/mol. The van der Waals surface area contributed by atoms with Crippen molar-refractivity contribution in [3.8, 4) is 11.5 Å². The summed E-state index contributed by atoms with van der Waals surface area (Å²) in [6.45, 7) is 10.6. The van der Waals surface area contributed by atoms with Crippen molar-refractivity contribution < 1.29 is 27.9 Å². The Bertz CT molecular complexity index is 1830. The van der Waals surface area contributed by atoms with E-state index in [4.69, 9.17) is 52.0 Å². The van der Waals surface area contributed by atoms with Gasteiger partial charge in [0.25, 0.3) is 5.56 Å². The standard InChI is InChI=1S/C36H43N2O8PS2Si/c1-35(2,3)50(6,7)46-32-31(45-47(48)49)29(44-33(32)38-22-21-30(39)37-34(38)40)23-43-36(24-11-9-8-10-12-24,25-13-17-27(41-4)18-14-25)26-15-19-28(42-5)20-16-26/h8-22,29,31-33H,23H2,1-7H3,(H,37,39,40)/t29-,31-,32-,33-/m1/s1. The zero-order chi connectivity index (χ0) is 36.3. The summed E-state index contributed by atoms with van der Waals surface area (Å²) in [5.41, 5.74) is 0.221. The van der Waals surface area contributed by atoms with Gasteiger partial charge < -0.3 is 35.6 Å². The first-order valence-electron chi connectivity index (χ1n) is 16.1. The van der Waals surface area contributed by atoms with Crippen LogP contribution in [0.4, 0.5) is 0 Å². The molecule has 10 nitrogen and oxygen atoms in total. The Morgan fingerprint density at radius 2 is 1.40 bits per heavy atom. The molecule has 1 aliphatic rings. The van der Waals surface area contributed by atoms with Crippen LogP contribution in [-0.4, -0.2) is 57.0 Å². The Kier molecular flexibility index (Phi) is 11.9. The normalized spacial score (nSPS) is 20.0. The van der Waals surface area contributed by atoms with Gasteiger partial charge in [-0.05, 0) is 59.1 Å². The molecule has 50 heavy (non-hydrogen) atoms. The fourth-order valence-electron chi connectivity index (χ4n) is 5.84. The van der Waals surface area contributed by atoms with E-state index in [9.17, 15) is 9.59 Å². The topological polar surface area (TPSA) is 110 Å². The highest BCUT2D eigenvalue weighted by Gasteiger charge is 2.54. The summed E-state index contributed by atoms with van der Waals surface area (Å²) < 4.78 is 39.5. The van der Waals surface area contributed by atoms with Gasteiger partial charge in [0.05, 0.1) is 20.8 Å². The SMILES string of the molecule is COc1ccc(C(OC[C@H]2O[C@@H](n3ccc(=O)[nH]c3=O)[C@H](O[Si](C)(C)C(C)(C)C)[C@@H]2O[P+](=S)[S-])(c2ccccc2)c2ccc(OC)cc2)cc1. The second-order valence-electron chi connectivity index (χ2n) is 13.5. The lowest BCUT2D eigenvalue weighted by Gasteiger charge is -2.40. The van der Waals surface area contributed by atoms with Crippen molar-refractivity contribution in [1.29, 1.82) is 0 Å². The number of aromatic amines is 1. The Labute approximate surface area is 304 Å². The molecule has 0 bridgehead atoms. The summed E-state index contributed by atoms with van der Waals surface area (Å²) >= 11 is 10.9. The first-order chi connectivity index (χ1) is 23.7. The van der Waals surface area contributed by atoms with Gasteiger partial charge in [0.2, 0.25) is 6.13 Å². The van der Waals surface area contributed by atoms with Gasteiger partial charge in [-0.25, -0.2) is 4.79 Å². The summed E-state index contributed by atoms with van der Waals surface area (Å²) in [5.74, 6) is 1.39. The number of aromatic nitrogens is 2. The van der Waals surface area contributed by atoms with E-state index in [1.54, 1.807) is 14.2 Å². The highest BCUT2D eigenvalue weighted by molar-refractivity contribution is 8.45. The van der Waals surface area contributed by atoms with E-state index >= 15 is 0 Å². The van der Waals surface area contributed by atoms with E-state index in [1.165, 1.54) is 16.8 Å². The number of methoxy groups -OCH3 is 2. The predicted octanol–water partition coefficient (Wildman–Crippen LogP) is 6.56. The van der Waals surface area contributed by atoms with Gasteiger partial charge >= 0.3 is 5.69 Å². The van der Waals surface area contributed by atoms with E-state index in [-0.39, 0.29) is 11.6 Å². The Morgan fingerprint density at radius 3 is 1.88 bits per heavy atom. The molecule has 1 N–H and O–H groups in total. The van der Waals surface area contributed by atoms with Crippen molar-refractivity contribution in [3.05, 3.63) is 129 Å². The fourth-order valence-corrected chi connectivity index (χ4v) is 8.18. The van der Waals surface area contributed by atoms with Gasteiger partial charge in [0.1, 0.15) is 29.3 Å². The Hall–Kier alpha value is -3.13. The summed E-state index contributed by atoms with van der Waals surface area (Å²) in [4.78, 5) is 27.6. The highest BCUT2D eigenvalue weighted by atomic mass is 32.9. The third kappa shape index (κ3) is 8.00. The van der Waals surface area contributed by atoms with Crippen molar-refractivity contribution in [2.75, 3.05) is 20.8 Å². The van der Waals surface area contributed by atoms with Crippen molar-refractivity contribution in [2.24, 2.45) is 0 Å². The van der Waals surface area contributed by atoms with Crippen LogP contribution in [0.15, 0.2) is 101 Å². The molecule has 266 valence electrons. The largest absolute Gasteiger partial charge is 0.497 e. The highest BCUT2D eigenvalue weighted by Crippen LogP contribution is 2.46. The molecule has 0 saturated carbocycles. The van der Waals surface area contributed by atoms with Gasteiger partial charge in [-0.2, -0.15) is 4.52 Å². The molecule has 0 spiro atoms. The maximum absolute atomic E-state index is 13.2. The van der Waals surface area contributed by atoms with Crippen LogP contribution in [0.3, 0.4) is 0 Å². The zero-order valence-corrected chi connectivity index (χ0v) is 32.7. The molecule has 1 saturated heterocycles. The van der Waals surface area contributed by atoms with Crippen LogP contribution in [0.25, 0.3) is 0 Å². The quantitative estimate of drug-likeness (QED) is 0.0698. The Morgan fingerprint density at radius 1 is 0.860 bits per heavy atom. The molecule has 1 fully saturated rings. The molecule has 4 aromatic rings. The number of H-pyrrole nitrogens is 1. The molecular formula is C36H43N2O8PS2Si. The molecule has 14 heteroatoms. The van der Waals surface area contributed by atoms with Crippen LogP contribution in [0.2, 0.25) is 18.1 Å². The van der Waals surface area contributed by atoms with E-state index in [0.29, 0.717) is 11.5 Å². The van der Waals surface area contributed by atoms with Crippen molar-refractivity contribution in [1.82, 2.24) is 9.55 Å². The Balaban J connectivity index is 1.65. The average Bonchev–Trinajstić information content (AvgIpc) is 3.40. The van der Waals surface area contributed by atoms with Crippen LogP contribution in [0, 0.1) is 0 Å². The molecule has 1 unspecified atom stereocenters. The molecule has 0 aliphatic carbocycles. The van der Waals surface area contributed by atoms with E-state index < -0.39 is 55.8 Å². The average molecular weight is 755 g/mol. The second kappa shape index (κ2) is 15.6. The number of hydrogen-bond acceptors (Lipinski definition) is 10. The number of nitrogens with one attached hydrogen (secondary N) is 1. The van der Waals surface area contributed by atoms with Gasteiger partial charge in [0.15, 0.2) is 32.5 Å². The number of hydrogen-bond donors (Lipinski definition) is 1. The summed E-state index contributed by atoms with van der Waals surface area (Å²) in [5, 5.41) is -0.190. The zero-order valence-electron chi connectivity index (χ0n) is 29.2. The third-order valence-corrected chi connectivity index (χ3v) is 14.9. The van der Waals surface area contributed by atoms with Crippen LogP contribution >= 0.6 is 6.13 Å². The van der Waals surface area contributed by atoms with Crippen molar-refractivity contribution >= 4 is 38.5 Å². The third-order valence-electron chi connectivity index (χ3n) is 9.49. The molecule has 0 amide bonds. The van der Waals surface area contributed by atoms with Crippen LogP contribution in [0.1, 0.15) is 43.7 Å². The first-order valence-corrected chi connectivity index (χ1v) is 22.3. The van der Waals surface area contributed by atoms with Gasteiger partial charge in [-0.15, -0.1) is 0 Å². The number of benzene rings is 3. The fraction of sp³-hybridized carbons (Fsp3) is 0.389. The van der Waals surface area contributed by atoms with E-state index in [2.05, 4.69) is 38.8 Å². The minimum Gasteiger partial charge on any atom is -0.497 e. The predicted molar refractivity (Wildman–Crippen MR) is 202 cm³/mol. The van der Waals surface area contributed by atoms with Crippen LogP contribution in [0.5, 0.6) is 11.5 Å². The first kappa shape index (κ1) is 38.1. The lowest BCUT2D eigenvalue weighted by atomic mass is 9.80. The maximum atomic E-state index is 13.2. The monoisotopic (exact) mass is 754 g/mol. The lowest BCUT2D eigenvalue weighted by Crippen LogP contribution is -2.50. The smallest absolute Gasteiger partial charge is 0.330 e. The van der Waals surface area contributed by atoms with Crippen molar-refractivity contribution in [2.45, 2.75) is 69.0 Å². The second-order valence-corrected chi connectivity index (χ2v) is 21.6. The molecule has 1 aliphatic heterocycles. The molecule has 5 rings (SSSR count). The van der Waals surface area contributed by atoms with Crippen molar-refractivity contribution in [3.63, 3.8) is 0 Å². The molecule has 5 atom stereocenters. The molecule has 1 aromatic heterocycles. The molecule has 2 heterocycles. The van der Waals surface area contributed by atoms with Gasteiger partial charge in [-0.3, -0.25) is 14.3 Å². The molecule has 3 aromatic carbocycles. The summed E-state index contributed by atoms with van der Waals surface area (Å²) in [6, 6.07) is 26.6. The summed E-state index contributed by atoms with van der Waals surface area (Å²) in [7, 11) is 0.739. The summed E-state index contributed by atoms with van der Waals surface area (Å²) in [6.07, 6.45) is -3.67. The van der Waals surface area contributed by atoms with Crippen LogP contribution in [-0.2, 0) is 48.1 Å². The van der Waals surface area contributed by atoms with Gasteiger partial charge in [0, 0.05) is 12.3 Å². The molecule has 0 radical (unpaired) electrons. The number of rotatable bonds is 13. The van der Waals surface area contributed by atoms with E-state index in [0.717, 1.165) is 16.7 Å². The van der Waals surface area contributed by atoms with Gasteiger partial charge in [-0.1, -0.05) is 75.4 Å². The number of nitrogens with zero attached hydrogens (tertiary/aromatic N) is 1.